The Kier molecular flexibility index (Phi) is 4.49. The van der Waals surface area contributed by atoms with Crippen LogP contribution in [0.2, 0.25) is 0 Å². The van der Waals surface area contributed by atoms with E-state index < -0.39 is 17.8 Å². The third-order valence-corrected chi connectivity index (χ3v) is 3.38. The number of carboxylic acid groups (broad SMARTS) is 1. The first kappa shape index (κ1) is 14.2. The molecule has 0 saturated carbocycles. The number of carbonyl (C=O) groups is 2. The lowest BCUT2D eigenvalue weighted by atomic mass is 9.82. The van der Waals surface area contributed by atoms with Crippen molar-refractivity contribution in [2.75, 3.05) is 6.54 Å². The maximum Gasteiger partial charge on any atom is 0.307 e. The fraction of sp³-hybridized carbons (Fsp3) is 0.538. The Morgan fingerprint density at radius 1 is 1.40 bits per heavy atom. The predicted molar refractivity (Wildman–Crippen MR) is 70.7 cm³/mol. The summed E-state index contributed by atoms with van der Waals surface area (Å²) in [6.07, 6.45) is 6.71. The maximum atomic E-state index is 12.1. The Bertz CT molecular complexity index is 523. The Balaban J connectivity index is 1.84. The van der Waals surface area contributed by atoms with Crippen molar-refractivity contribution in [2.24, 2.45) is 18.9 Å². The molecule has 1 heterocycles. The highest BCUT2D eigenvalue weighted by Crippen LogP contribution is 2.25. The van der Waals surface area contributed by atoms with E-state index in [1.165, 1.54) is 0 Å². The van der Waals surface area contributed by atoms with E-state index in [9.17, 15) is 9.59 Å². The average Bonchev–Trinajstić information content (AvgIpc) is 2.84. The lowest BCUT2D eigenvalue weighted by molar-refractivity contribution is -0.147. The van der Waals surface area contributed by atoms with Gasteiger partial charge in [-0.15, -0.1) is 0 Å². The number of hydrogen-bond donors (Lipinski definition) is 2. The molecule has 2 unspecified atom stereocenters. The molecule has 20 heavy (non-hydrogen) atoms. The fourth-order valence-electron chi connectivity index (χ4n) is 2.30. The number of aryl methyl sites for hydroxylation is 1. The summed E-state index contributed by atoms with van der Waals surface area (Å²) in [5, 5.41) is 16.0. The lowest BCUT2D eigenvalue weighted by Crippen LogP contribution is -2.39. The van der Waals surface area contributed by atoms with Crippen molar-refractivity contribution in [1.82, 2.24) is 20.1 Å². The lowest BCUT2D eigenvalue weighted by Gasteiger charge is -2.24. The van der Waals surface area contributed by atoms with E-state index in [1.54, 1.807) is 18.1 Å². The molecule has 0 fully saturated rings. The predicted octanol–water partition coefficient (Wildman–Crippen LogP) is 0.141. The largest absolute Gasteiger partial charge is 0.481 e. The van der Waals surface area contributed by atoms with Gasteiger partial charge in [-0.05, 0) is 12.8 Å². The van der Waals surface area contributed by atoms with Crippen molar-refractivity contribution < 1.29 is 14.7 Å². The summed E-state index contributed by atoms with van der Waals surface area (Å²) in [6, 6.07) is 0. The molecule has 1 aliphatic rings. The van der Waals surface area contributed by atoms with Crippen LogP contribution in [0, 0.1) is 11.8 Å². The zero-order valence-electron chi connectivity index (χ0n) is 11.3. The van der Waals surface area contributed by atoms with Gasteiger partial charge in [-0.25, -0.2) is 4.98 Å². The summed E-state index contributed by atoms with van der Waals surface area (Å²) in [4.78, 5) is 27.2. The van der Waals surface area contributed by atoms with Crippen LogP contribution in [0.3, 0.4) is 0 Å². The van der Waals surface area contributed by atoms with E-state index in [0.29, 0.717) is 31.6 Å². The Morgan fingerprint density at radius 2 is 2.10 bits per heavy atom. The number of aliphatic carboxylic acids is 1. The van der Waals surface area contributed by atoms with Crippen molar-refractivity contribution in [2.45, 2.75) is 19.3 Å². The Morgan fingerprint density at radius 3 is 2.70 bits per heavy atom. The van der Waals surface area contributed by atoms with Gasteiger partial charge >= 0.3 is 5.97 Å². The number of nitrogens with one attached hydrogen (secondary N) is 1. The third kappa shape index (κ3) is 3.43. The molecule has 0 radical (unpaired) electrons. The van der Waals surface area contributed by atoms with Crippen LogP contribution in [0.15, 0.2) is 18.5 Å². The number of allylic oxidation sites excluding steroid dienone is 2. The molecule has 108 valence electrons. The first-order chi connectivity index (χ1) is 9.58. The van der Waals surface area contributed by atoms with Crippen LogP contribution in [-0.2, 0) is 23.1 Å². The van der Waals surface area contributed by atoms with Gasteiger partial charge in [0.1, 0.15) is 6.33 Å². The van der Waals surface area contributed by atoms with E-state index >= 15 is 0 Å². The molecule has 1 aromatic rings. The summed E-state index contributed by atoms with van der Waals surface area (Å²) in [7, 11) is 1.78. The molecule has 0 aromatic carbocycles. The van der Waals surface area contributed by atoms with Crippen LogP contribution in [0.5, 0.6) is 0 Å². The second-order valence-electron chi connectivity index (χ2n) is 4.87. The molecule has 0 bridgehead atoms. The minimum absolute atomic E-state index is 0.210. The van der Waals surface area contributed by atoms with Gasteiger partial charge in [0.2, 0.25) is 5.91 Å². The van der Waals surface area contributed by atoms with Crippen LogP contribution >= 0.6 is 0 Å². The van der Waals surface area contributed by atoms with Crippen LogP contribution in [-0.4, -0.2) is 38.3 Å². The first-order valence-corrected chi connectivity index (χ1v) is 6.58. The van der Waals surface area contributed by atoms with E-state index in [2.05, 4.69) is 15.4 Å². The number of carboxylic acids is 1. The van der Waals surface area contributed by atoms with Crippen LogP contribution in [0.1, 0.15) is 18.7 Å². The van der Waals surface area contributed by atoms with E-state index in [-0.39, 0.29) is 5.91 Å². The molecule has 0 aliphatic heterocycles. The molecule has 1 amide bonds. The number of carbonyl (C=O) groups excluding carboxylic acids is 1. The second kappa shape index (κ2) is 6.31. The molecular weight excluding hydrogens is 260 g/mol. The molecule has 2 rings (SSSR count). The quantitative estimate of drug-likeness (QED) is 0.747. The topological polar surface area (TPSA) is 97.1 Å². The zero-order chi connectivity index (χ0) is 14.5. The molecule has 2 atom stereocenters. The van der Waals surface area contributed by atoms with Gasteiger partial charge in [0.25, 0.3) is 0 Å². The van der Waals surface area contributed by atoms with E-state index in [1.807, 2.05) is 12.2 Å². The Hall–Kier alpha value is -2.18. The highest BCUT2D eigenvalue weighted by molar-refractivity contribution is 5.85. The molecule has 1 aliphatic carbocycles. The fourth-order valence-corrected chi connectivity index (χ4v) is 2.30. The highest BCUT2D eigenvalue weighted by Gasteiger charge is 2.33. The maximum absolute atomic E-state index is 12.1. The highest BCUT2D eigenvalue weighted by atomic mass is 16.4. The van der Waals surface area contributed by atoms with Crippen LogP contribution in [0.25, 0.3) is 0 Å². The molecular formula is C13H18N4O3. The van der Waals surface area contributed by atoms with Gasteiger partial charge in [-0.2, -0.15) is 5.10 Å². The summed E-state index contributed by atoms with van der Waals surface area (Å²) >= 11 is 0. The molecule has 7 heteroatoms. The second-order valence-corrected chi connectivity index (χ2v) is 4.87. The SMILES string of the molecule is Cn1cnc(CCNC(=O)C2CC=CCC2C(=O)O)n1. The van der Waals surface area contributed by atoms with Crippen molar-refractivity contribution in [1.29, 1.82) is 0 Å². The smallest absolute Gasteiger partial charge is 0.307 e. The zero-order valence-corrected chi connectivity index (χ0v) is 11.3. The number of hydrogen-bond acceptors (Lipinski definition) is 4. The minimum atomic E-state index is -0.916. The summed E-state index contributed by atoms with van der Waals surface area (Å²) in [6.45, 7) is 0.412. The van der Waals surface area contributed by atoms with Crippen LogP contribution in [0.4, 0.5) is 0 Å². The average molecular weight is 278 g/mol. The van der Waals surface area contributed by atoms with Gasteiger partial charge in [0.15, 0.2) is 5.82 Å². The molecule has 7 nitrogen and oxygen atoms in total. The van der Waals surface area contributed by atoms with Crippen molar-refractivity contribution in [3.05, 3.63) is 24.3 Å². The molecule has 2 N–H and O–H groups in total. The van der Waals surface area contributed by atoms with Gasteiger partial charge in [0.05, 0.1) is 11.8 Å². The summed E-state index contributed by atoms with van der Waals surface area (Å²) in [5.41, 5.74) is 0. The van der Waals surface area contributed by atoms with Crippen molar-refractivity contribution >= 4 is 11.9 Å². The number of rotatable bonds is 5. The van der Waals surface area contributed by atoms with Gasteiger partial charge in [0, 0.05) is 20.0 Å². The standard InChI is InChI=1S/C13H18N4O3/c1-17-8-15-11(16-17)6-7-14-12(18)9-4-2-3-5-10(9)13(19)20/h2-3,8-10H,4-7H2,1H3,(H,14,18)(H,19,20). The third-order valence-electron chi connectivity index (χ3n) is 3.38. The molecule has 0 spiro atoms. The number of nitrogens with zero attached hydrogens (tertiary/aromatic N) is 3. The van der Waals surface area contributed by atoms with Crippen molar-refractivity contribution in [3.63, 3.8) is 0 Å². The normalized spacial score (nSPS) is 21.6. The minimum Gasteiger partial charge on any atom is -0.481 e. The number of amides is 1. The first-order valence-electron chi connectivity index (χ1n) is 6.58. The van der Waals surface area contributed by atoms with Gasteiger partial charge in [-0.1, -0.05) is 12.2 Å². The monoisotopic (exact) mass is 278 g/mol. The van der Waals surface area contributed by atoms with Crippen molar-refractivity contribution in [3.8, 4) is 0 Å². The summed E-state index contributed by atoms with van der Waals surface area (Å²) < 4.78 is 1.60. The van der Waals surface area contributed by atoms with Crippen LogP contribution < -0.4 is 5.32 Å². The van der Waals surface area contributed by atoms with E-state index in [0.717, 1.165) is 0 Å². The van der Waals surface area contributed by atoms with Gasteiger partial charge < -0.3 is 10.4 Å². The van der Waals surface area contributed by atoms with Gasteiger partial charge in [-0.3, -0.25) is 14.3 Å². The van der Waals surface area contributed by atoms with E-state index in [4.69, 9.17) is 5.11 Å². The summed E-state index contributed by atoms with van der Waals surface area (Å²) in [5.74, 6) is -1.59. The number of aromatic nitrogens is 3. The molecule has 1 aromatic heterocycles. The molecule has 0 saturated heterocycles. The Labute approximate surface area is 116 Å².